The zero-order valence-electron chi connectivity index (χ0n) is 14.4. The smallest absolute Gasteiger partial charge is 0.416 e. The summed E-state index contributed by atoms with van der Waals surface area (Å²) < 4.78 is 82.0. The van der Waals surface area contributed by atoms with Crippen LogP contribution >= 0.6 is 0 Å². The molecule has 0 aromatic heterocycles. The second kappa shape index (κ2) is 7.89. The molecule has 0 fully saturated rings. The minimum Gasteiger partial charge on any atom is -0.497 e. The average molecular weight is 422 g/mol. The molecule has 2 aromatic carbocycles. The van der Waals surface area contributed by atoms with Gasteiger partial charge in [0.25, 0.3) is 0 Å². The molecule has 0 aliphatic rings. The van der Waals surface area contributed by atoms with E-state index >= 15 is 0 Å². The lowest BCUT2D eigenvalue weighted by Crippen LogP contribution is -2.22. The van der Waals surface area contributed by atoms with Crippen LogP contribution in [0.5, 0.6) is 5.75 Å². The molecule has 0 aliphatic carbocycles. The highest BCUT2D eigenvalue weighted by Crippen LogP contribution is 2.37. The Labute approximate surface area is 159 Å². The first kappa shape index (κ1) is 21.9. The number of ether oxygens (including phenoxy) is 1. The molecule has 0 heterocycles. The zero-order chi connectivity index (χ0) is 22.0. The number of methoxy groups -OCH3 is 1. The third kappa shape index (κ3) is 5.53. The Bertz CT molecular complexity index is 908. The van der Waals surface area contributed by atoms with Crippen molar-refractivity contribution in [2.45, 2.75) is 12.4 Å². The van der Waals surface area contributed by atoms with Gasteiger partial charge in [-0.1, -0.05) is 0 Å². The van der Waals surface area contributed by atoms with Gasteiger partial charge in [-0.3, -0.25) is 0 Å². The van der Waals surface area contributed by atoms with Gasteiger partial charge in [0.05, 0.1) is 29.5 Å². The third-order valence-electron chi connectivity index (χ3n) is 3.55. The molecular weight excluding hydrogens is 410 g/mol. The topological polar surface area (TPSA) is 87.7 Å². The second-order valence-electron chi connectivity index (χ2n) is 5.59. The van der Waals surface area contributed by atoms with Crippen molar-refractivity contribution in [3.63, 3.8) is 0 Å². The van der Waals surface area contributed by atoms with Gasteiger partial charge in [0.1, 0.15) is 5.75 Å². The minimum absolute atomic E-state index is 0.0882. The van der Waals surface area contributed by atoms with E-state index in [2.05, 4.69) is 5.32 Å². The van der Waals surface area contributed by atoms with Gasteiger partial charge in [0, 0.05) is 5.69 Å². The number of alkyl halides is 6. The molecule has 0 bridgehead atoms. The monoisotopic (exact) mass is 422 g/mol. The lowest BCUT2D eigenvalue weighted by atomic mass is 10.1. The van der Waals surface area contributed by atoms with Crippen LogP contribution in [0.4, 0.5) is 42.5 Å². The highest BCUT2D eigenvalue weighted by Gasteiger charge is 2.37. The number of nitrogens with one attached hydrogen (secondary N) is 2. The fourth-order valence-electron chi connectivity index (χ4n) is 2.25. The number of halogens is 6. The van der Waals surface area contributed by atoms with Gasteiger partial charge in [-0.15, -0.1) is 0 Å². The largest absolute Gasteiger partial charge is 0.497 e. The van der Waals surface area contributed by atoms with Crippen molar-refractivity contribution in [2.75, 3.05) is 17.7 Å². The van der Waals surface area contributed by atoms with Gasteiger partial charge in [-0.2, -0.15) is 26.3 Å². The van der Waals surface area contributed by atoms with Crippen LogP contribution in [-0.2, 0) is 12.4 Å². The fourth-order valence-corrected chi connectivity index (χ4v) is 2.25. The maximum atomic E-state index is 12.9. The molecule has 29 heavy (non-hydrogen) atoms. The molecule has 0 saturated carbocycles. The third-order valence-corrected chi connectivity index (χ3v) is 3.55. The summed E-state index contributed by atoms with van der Waals surface area (Å²) in [5, 5.41) is 13.1. The van der Waals surface area contributed by atoms with Crippen LogP contribution in [-0.4, -0.2) is 24.2 Å². The van der Waals surface area contributed by atoms with Crippen LogP contribution in [0, 0.1) is 0 Å². The van der Waals surface area contributed by atoms with Gasteiger partial charge in [0.2, 0.25) is 0 Å². The van der Waals surface area contributed by atoms with E-state index in [1.807, 2.05) is 5.32 Å². The Morgan fingerprint density at radius 2 is 1.45 bits per heavy atom. The number of carboxylic acid groups (broad SMARTS) is 1. The molecule has 2 amide bonds. The summed E-state index contributed by atoms with van der Waals surface area (Å²) in [4.78, 5) is 23.3. The van der Waals surface area contributed by atoms with E-state index < -0.39 is 46.7 Å². The summed E-state index contributed by atoms with van der Waals surface area (Å²) in [5.74, 6) is -1.29. The highest BCUT2D eigenvalue weighted by molar-refractivity contribution is 6.04. The average Bonchev–Trinajstić information content (AvgIpc) is 2.60. The summed E-state index contributed by atoms with van der Waals surface area (Å²) >= 11 is 0. The Kier molecular flexibility index (Phi) is 5.95. The summed E-state index contributed by atoms with van der Waals surface area (Å²) in [7, 11) is 1.27. The molecule has 3 N–H and O–H groups in total. The number of hydrogen-bond donors (Lipinski definition) is 3. The minimum atomic E-state index is -5.08. The molecule has 0 spiro atoms. The number of carbonyl (C=O) groups is 2. The number of urea groups is 1. The first-order chi connectivity index (χ1) is 13.3. The van der Waals surface area contributed by atoms with Crippen LogP contribution < -0.4 is 15.4 Å². The van der Waals surface area contributed by atoms with E-state index in [0.717, 1.165) is 12.1 Å². The molecule has 156 valence electrons. The molecule has 2 aromatic rings. The quantitative estimate of drug-likeness (QED) is 0.600. The highest BCUT2D eigenvalue weighted by atomic mass is 19.4. The van der Waals surface area contributed by atoms with Crippen molar-refractivity contribution in [1.82, 2.24) is 0 Å². The van der Waals surface area contributed by atoms with Crippen molar-refractivity contribution in [2.24, 2.45) is 0 Å². The Balaban J connectivity index is 2.33. The number of carbonyl (C=O) groups excluding carboxylic acids is 1. The standard InChI is InChI=1S/C17H12F6N2O4/c1-29-11-2-3-13(12(7-11)14(26)27)25-15(28)24-10-5-8(16(18,19)20)4-9(6-10)17(21,22)23/h2-7H,1H3,(H,26,27)(H2,24,25,28). The Morgan fingerprint density at radius 3 is 1.90 bits per heavy atom. The van der Waals surface area contributed by atoms with Crippen LogP contribution in [0.2, 0.25) is 0 Å². The van der Waals surface area contributed by atoms with Gasteiger partial charge in [0.15, 0.2) is 0 Å². The molecule has 12 heteroatoms. The number of hydrogen-bond acceptors (Lipinski definition) is 3. The predicted molar refractivity (Wildman–Crippen MR) is 89.0 cm³/mol. The maximum Gasteiger partial charge on any atom is 0.416 e. The second-order valence-corrected chi connectivity index (χ2v) is 5.59. The fraction of sp³-hybridized carbons (Fsp3) is 0.176. The maximum absolute atomic E-state index is 12.9. The summed E-state index contributed by atoms with van der Waals surface area (Å²) in [6, 6.07) is 2.83. The number of aromatic carboxylic acids is 1. The van der Waals surface area contributed by atoms with Crippen molar-refractivity contribution < 1.29 is 45.8 Å². The van der Waals surface area contributed by atoms with Crippen LogP contribution in [0.1, 0.15) is 21.5 Å². The Morgan fingerprint density at radius 1 is 0.897 bits per heavy atom. The number of carboxylic acids is 1. The van der Waals surface area contributed by atoms with E-state index in [-0.39, 0.29) is 17.5 Å². The van der Waals surface area contributed by atoms with E-state index in [1.165, 1.54) is 13.2 Å². The van der Waals surface area contributed by atoms with Crippen molar-refractivity contribution in [3.8, 4) is 5.75 Å². The van der Waals surface area contributed by atoms with Crippen LogP contribution in [0.3, 0.4) is 0 Å². The summed E-state index contributed by atoms with van der Waals surface area (Å²) in [5.41, 5.74) is -4.66. The first-order valence-electron chi connectivity index (χ1n) is 7.60. The molecule has 6 nitrogen and oxygen atoms in total. The first-order valence-corrected chi connectivity index (χ1v) is 7.60. The zero-order valence-corrected chi connectivity index (χ0v) is 14.4. The number of amides is 2. The van der Waals surface area contributed by atoms with Crippen molar-refractivity contribution in [1.29, 1.82) is 0 Å². The summed E-state index contributed by atoms with van der Waals surface area (Å²) in [6.45, 7) is 0. The molecule has 0 aliphatic heterocycles. The molecule has 0 saturated heterocycles. The lowest BCUT2D eigenvalue weighted by Gasteiger charge is -2.15. The van der Waals surface area contributed by atoms with Crippen LogP contribution in [0.15, 0.2) is 36.4 Å². The van der Waals surface area contributed by atoms with E-state index in [0.29, 0.717) is 12.1 Å². The Hall–Kier alpha value is -3.44. The summed E-state index contributed by atoms with van der Waals surface area (Å²) in [6.07, 6.45) is -10.2. The number of benzene rings is 2. The number of anilines is 2. The molecule has 0 radical (unpaired) electrons. The molecule has 0 unspecified atom stereocenters. The van der Waals surface area contributed by atoms with Crippen LogP contribution in [0.25, 0.3) is 0 Å². The predicted octanol–water partition coefficient (Wildman–Crippen LogP) is 5.08. The van der Waals surface area contributed by atoms with Gasteiger partial charge in [-0.25, -0.2) is 9.59 Å². The number of rotatable bonds is 4. The molecule has 0 atom stereocenters. The van der Waals surface area contributed by atoms with Gasteiger partial charge >= 0.3 is 24.4 Å². The van der Waals surface area contributed by atoms with Gasteiger partial charge < -0.3 is 20.5 Å². The van der Waals surface area contributed by atoms with E-state index in [1.54, 1.807) is 0 Å². The normalized spacial score (nSPS) is 11.7. The lowest BCUT2D eigenvalue weighted by molar-refractivity contribution is -0.143. The van der Waals surface area contributed by atoms with E-state index in [4.69, 9.17) is 9.84 Å². The SMILES string of the molecule is COc1ccc(NC(=O)Nc2cc(C(F)(F)F)cc(C(F)(F)F)c2)c(C(=O)O)c1. The van der Waals surface area contributed by atoms with E-state index in [9.17, 15) is 35.9 Å². The molecular formula is C17H12F6N2O4. The molecule has 2 rings (SSSR count). The van der Waals surface area contributed by atoms with Crippen molar-refractivity contribution in [3.05, 3.63) is 53.1 Å². The van der Waals surface area contributed by atoms with Crippen molar-refractivity contribution >= 4 is 23.4 Å². The van der Waals surface area contributed by atoms with Gasteiger partial charge in [-0.05, 0) is 36.4 Å².